The van der Waals surface area contributed by atoms with Gasteiger partial charge in [0.15, 0.2) is 7.14 Å². The van der Waals surface area contributed by atoms with E-state index in [1.165, 1.54) is 0 Å². The molecule has 4 heteroatoms. The number of rotatable bonds is 5. The predicted molar refractivity (Wildman–Crippen MR) is 113 cm³/mol. The Hall–Kier alpha value is -1.86. The highest BCUT2D eigenvalue weighted by Crippen LogP contribution is 2.52. The summed E-state index contributed by atoms with van der Waals surface area (Å²) >= 11 is 0. The number of hydrogen-bond acceptors (Lipinski definition) is 3. The zero-order chi connectivity index (χ0) is 20.3. The lowest BCUT2D eigenvalue weighted by molar-refractivity contribution is -0.154. The largest absolute Gasteiger partial charge is 0.459 e. The minimum atomic E-state index is -3.25. The summed E-state index contributed by atoms with van der Waals surface area (Å²) in [5.74, 6) is -0.395. The molecule has 0 aliphatic heterocycles. The summed E-state index contributed by atoms with van der Waals surface area (Å²) in [4.78, 5) is 13.2. The molecule has 2 aromatic carbocycles. The van der Waals surface area contributed by atoms with Crippen LogP contribution >= 0.6 is 7.14 Å². The highest BCUT2D eigenvalue weighted by molar-refractivity contribution is 7.80. The van der Waals surface area contributed by atoms with E-state index in [1.54, 1.807) is 0 Å². The first-order valence-electron chi connectivity index (χ1n) is 9.37. The van der Waals surface area contributed by atoms with Crippen molar-refractivity contribution in [3.63, 3.8) is 0 Å². The first-order chi connectivity index (χ1) is 12.4. The van der Waals surface area contributed by atoms with Gasteiger partial charge in [0.2, 0.25) is 0 Å². The van der Waals surface area contributed by atoms with Crippen LogP contribution in [0.2, 0.25) is 0 Å². The lowest BCUT2D eigenvalue weighted by atomic mass is 9.90. The number of esters is 1. The smallest absolute Gasteiger partial charge is 0.317 e. The van der Waals surface area contributed by atoms with Crippen LogP contribution in [0.25, 0.3) is 0 Å². The second-order valence-corrected chi connectivity index (χ2v) is 12.1. The summed E-state index contributed by atoms with van der Waals surface area (Å²) in [6.07, 6.45) is 0.475. The van der Waals surface area contributed by atoms with Crippen molar-refractivity contribution < 1.29 is 14.1 Å². The molecular formula is C23H31O3P. The van der Waals surface area contributed by atoms with Gasteiger partial charge in [0.25, 0.3) is 0 Å². The van der Waals surface area contributed by atoms with E-state index in [0.29, 0.717) is 17.0 Å². The van der Waals surface area contributed by atoms with Crippen LogP contribution in [0, 0.1) is 5.41 Å². The van der Waals surface area contributed by atoms with Crippen molar-refractivity contribution >= 4 is 23.7 Å². The lowest BCUT2D eigenvalue weighted by Crippen LogP contribution is -2.39. The Morgan fingerprint density at radius 2 is 1.26 bits per heavy atom. The first-order valence-corrected chi connectivity index (χ1v) is 11.1. The van der Waals surface area contributed by atoms with Crippen LogP contribution in [-0.2, 0) is 14.1 Å². The molecule has 2 aromatic rings. The summed E-state index contributed by atoms with van der Waals surface area (Å²) in [5.41, 5.74) is -1.55. The second-order valence-electron chi connectivity index (χ2n) is 9.14. The summed E-state index contributed by atoms with van der Waals surface area (Å²) in [7, 11) is -3.25. The molecule has 0 N–H and O–H groups in total. The Kier molecular flexibility index (Phi) is 6.37. The molecule has 0 radical (unpaired) electrons. The predicted octanol–water partition coefficient (Wildman–Crippen LogP) is 5.15. The average Bonchev–Trinajstić information content (AvgIpc) is 2.58. The molecule has 146 valence electrons. The molecule has 0 bridgehead atoms. The maximum absolute atomic E-state index is 14.6. The quantitative estimate of drug-likeness (QED) is 0.527. The molecule has 0 heterocycles. The van der Waals surface area contributed by atoms with Crippen LogP contribution in [-0.4, -0.2) is 17.2 Å². The van der Waals surface area contributed by atoms with Crippen molar-refractivity contribution in [3.05, 3.63) is 60.7 Å². The van der Waals surface area contributed by atoms with Crippen LogP contribution < -0.4 is 10.6 Å². The Morgan fingerprint density at radius 1 is 0.852 bits per heavy atom. The molecule has 0 aliphatic carbocycles. The van der Waals surface area contributed by atoms with E-state index in [9.17, 15) is 9.36 Å². The van der Waals surface area contributed by atoms with Crippen molar-refractivity contribution in [2.45, 2.75) is 59.2 Å². The Balaban J connectivity index is 2.67. The summed E-state index contributed by atoms with van der Waals surface area (Å²) < 4.78 is 20.3. The molecule has 0 spiro atoms. The zero-order valence-electron chi connectivity index (χ0n) is 17.2. The maximum atomic E-state index is 14.6. The number of ether oxygens (including phenoxy) is 1. The zero-order valence-corrected chi connectivity index (χ0v) is 18.1. The Bertz CT molecular complexity index is 756. The standard InChI is InChI=1S/C23H31O3P/c1-22(2,3)17-20(21(24)26-23(4,5)6)27(25,18-13-9-7-10-14-18)19-15-11-8-12-16-19/h7-16,20H,17H2,1-6H3. The van der Waals surface area contributed by atoms with Gasteiger partial charge in [0, 0.05) is 10.6 Å². The number of benzene rings is 2. The average molecular weight is 386 g/mol. The van der Waals surface area contributed by atoms with Gasteiger partial charge in [-0.1, -0.05) is 81.4 Å². The van der Waals surface area contributed by atoms with Crippen LogP contribution in [0.15, 0.2) is 60.7 Å². The molecular weight excluding hydrogens is 355 g/mol. The minimum Gasteiger partial charge on any atom is -0.459 e. The Morgan fingerprint density at radius 3 is 1.59 bits per heavy atom. The molecule has 2 rings (SSSR count). The maximum Gasteiger partial charge on any atom is 0.317 e. The fourth-order valence-corrected chi connectivity index (χ4v) is 6.52. The SMILES string of the molecule is CC(C)(C)CC(C(=O)OC(C)(C)C)P(=O)(c1ccccc1)c1ccccc1. The molecule has 0 amide bonds. The molecule has 0 aliphatic rings. The van der Waals surface area contributed by atoms with Gasteiger partial charge in [0.1, 0.15) is 11.3 Å². The number of hydrogen-bond donors (Lipinski definition) is 0. The van der Waals surface area contributed by atoms with Gasteiger partial charge >= 0.3 is 5.97 Å². The lowest BCUT2D eigenvalue weighted by Gasteiger charge is -2.33. The van der Waals surface area contributed by atoms with Crippen LogP contribution in [0.3, 0.4) is 0 Å². The van der Waals surface area contributed by atoms with E-state index in [4.69, 9.17) is 4.74 Å². The van der Waals surface area contributed by atoms with Crippen molar-refractivity contribution in [2.75, 3.05) is 0 Å². The third-order valence-electron chi connectivity index (χ3n) is 4.20. The van der Waals surface area contributed by atoms with Gasteiger partial charge in [-0.2, -0.15) is 0 Å². The molecule has 0 aromatic heterocycles. The fraction of sp³-hybridized carbons (Fsp3) is 0.435. The van der Waals surface area contributed by atoms with Crippen molar-refractivity contribution in [2.24, 2.45) is 5.41 Å². The summed E-state index contributed by atoms with van der Waals surface area (Å²) in [6.45, 7) is 11.7. The van der Waals surface area contributed by atoms with Gasteiger partial charge in [-0.15, -0.1) is 0 Å². The third-order valence-corrected chi connectivity index (χ3v) is 7.60. The number of carbonyl (C=O) groups excluding carboxylic acids is 1. The molecule has 0 fully saturated rings. The van der Waals surface area contributed by atoms with Gasteiger partial charge < -0.3 is 9.30 Å². The van der Waals surface area contributed by atoms with E-state index >= 15 is 0 Å². The Labute approximate surface area is 163 Å². The highest BCUT2D eigenvalue weighted by Gasteiger charge is 2.45. The highest BCUT2D eigenvalue weighted by atomic mass is 31.2. The van der Waals surface area contributed by atoms with Gasteiger partial charge in [-0.05, 0) is 32.6 Å². The molecule has 1 unspecified atom stereocenters. The molecule has 1 atom stereocenters. The topological polar surface area (TPSA) is 43.4 Å². The van der Waals surface area contributed by atoms with Gasteiger partial charge in [-0.3, -0.25) is 4.79 Å². The van der Waals surface area contributed by atoms with E-state index < -0.39 is 24.4 Å². The van der Waals surface area contributed by atoms with E-state index in [0.717, 1.165) is 0 Å². The van der Waals surface area contributed by atoms with Crippen molar-refractivity contribution in [3.8, 4) is 0 Å². The monoisotopic (exact) mass is 386 g/mol. The van der Waals surface area contributed by atoms with Crippen molar-refractivity contribution in [1.29, 1.82) is 0 Å². The van der Waals surface area contributed by atoms with E-state index in [-0.39, 0.29) is 5.41 Å². The van der Waals surface area contributed by atoms with Crippen LogP contribution in [0.5, 0.6) is 0 Å². The van der Waals surface area contributed by atoms with E-state index in [1.807, 2.05) is 81.4 Å². The van der Waals surface area contributed by atoms with E-state index in [2.05, 4.69) is 20.8 Å². The summed E-state index contributed by atoms with van der Waals surface area (Å²) in [5, 5.41) is 1.38. The molecule has 0 saturated heterocycles. The molecule has 27 heavy (non-hydrogen) atoms. The molecule has 3 nitrogen and oxygen atoms in total. The van der Waals surface area contributed by atoms with Gasteiger partial charge in [-0.25, -0.2) is 0 Å². The fourth-order valence-electron chi connectivity index (χ4n) is 3.12. The van der Waals surface area contributed by atoms with Crippen LogP contribution in [0.1, 0.15) is 48.0 Å². The minimum absolute atomic E-state index is 0.180. The van der Waals surface area contributed by atoms with Gasteiger partial charge in [0.05, 0.1) is 0 Å². The normalized spacial score (nSPS) is 13.9. The third kappa shape index (κ3) is 5.56. The second kappa shape index (κ2) is 8.02. The molecule has 0 saturated carbocycles. The summed E-state index contributed by atoms with van der Waals surface area (Å²) in [6, 6.07) is 18.7. The number of carbonyl (C=O) groups is 1. The van der Waals surface area contributed by atoms with Crippen molar-refractivity contribution in [1.82, 2.24) is 0 Å². The van der Waals surface area contributed by atoms with Crippen LogP contribution in [0.4, 0.5) is 0 Å². The first kappa shape index (κ1) is 21.4.